The summed E-state index contributed by atoms with van der Waals surface area (Å²) >= 11 is 0. The van der Waals surface area contributed by atoms with Gasteiger partial charge < -0.3 is 5.32 Å². The van der Waals surface area contributed by atoms with Crippen LogP contribution in [-0.4, -0.2) is 18.9 Å². The van der Waals surface area contributed by atoms with Crippen LogP contribution in [-0.2, 0) is 0 Å². The van der Waals surface area contributed by atoms with Crippen LogP contribution in [0.3, 0.4) is 0 Å². The molecule has 1 fully saturated rings. The van der Waals surface area contributed by atoms with Crippen molar-refractivity contribution in [3.05, 3.63) is 35.1 Å². The first-order valence-electron chi connectivity index (χ1n) is 7.10. The minimum Gasteiger partial charge on any atom is -0.317 e. The molecule has 0 radical (unpaired) electrons. The van der Waals surface area contributed by atoms with Gasteiger partial charge in [0, 0.05) is 11.0 Å². The highest BCUT2D eigenvalue weighted by atomic mass is 19.1. The van der Waals surface area contributed by atoms with Gasteiger partial charge in [0.05, 0.1) is 0 Å². The summed E-state index contributed by atoms with van der Waals surface area (Å²) in [5.74, 6) is -0.192. The van der Waals surface area contributed by atoms with Crippen molar-refractivity contribution < 1.29 is 9.18 Å². The number of hydrogen-bond acceptors (Lipinski definition) is 2. The number of carbonyl (C=O) groups is 1. The maximum atomic E-state index is 13.5. The van der Waals surface area contributed by atoms with Crippen LogP contribution >= 0.6 is 0 Å². The van der Waals surface area contributed by atoms with Gasteiger partial charge in [-0.2, -0.15) is 0 Å². The lowest BCUT2D eigenvalue weighted by Crippen LogP contribution is -2.42. The van der Waals surface area contributed by atoms with Crippen molar-refractivity contribution in [2.24, 2.45) is 5.41 Å². The van der Waals surface area contributed by atoms with Crippen LogP contribution in [0, 0.1) is 18.2 Å². The van der Waals surface area contributed by atoms with E-state index in [4.69, 9.17) is 0 Å². The Hall–Kier alpha value is -1.22. The number of carbonyl (C=O) groups excluding carboxylic acids is 1. The molecule has 0 saturated carbocycles. The van der Waals surface area contributed by atoms with Crippen molar-refractivity contribution in [2.45, 2.75) is 39.5 Å². The SMILES string of the molecule is CCCC1(C(=O)c2cc(C)cc(F)c2)CCNCC1. The molecule has 1 saturated heterocycles. The van der Waals surface area contributed by atoms with E-state index in [2.05, 4.69) is 12.2 Å². The summed E-state index contributed by atoms with van der Waals surface area (Å²) in [6.07, 6.45) is 3.59. The molecule has 19 heavy (non-hydrogen) atoms. The molecule has 1 aromatic carbocycles. The molecule has 0 aliphatic carbocycles. The van der Waals surface area contributed by atoms with E-state index in [1.807, 2.05) is 13.0 Å². The van der Waals surface area contributed by atoms with Gasteiger partial charge in [0.25, 0.3) is 0 Å². The van der Waals surface area contributed by atoms with Crippen LogP contribution in [0.5, 0.6) is 0 Å². The molecule has 0 spiro atoms. The van der Waals surface area contributed by atoms with Crippen molar-refractivity contribution in [3.8, 4) is 0 Å². The highest BCUT2D eigenvalue weighted by Gasteiger charge is 2.38. The van der Waals surface area contributed by atoms with Crippen LogP contribution in [0.4, 0.5) is 4.39 Å². The number of nitrogens with one attached hydrogen (secondary N) is 1. The van der Waals surface area contributed by atoms with Crippen LogP contribution in [0.2, 0.25) is 0 Å². The minimum absolute atomic E-state index is 0.124. The standard InChI is InChI=1S/C16H22FNO/c1-3-4-16(5-7-18-8-6-16)15(19)13-9-12(2)10-14(17)11-13/h9-11,18H,3-8H2,1-2H3. The Morgan fingerprint density at radius 1 is 1.32 bits per heavy atom. The maximum absolute atomic E-state index is 13.5. The lowest BCUT2D eigenvalue weighted by molar-refractivity contribution is 0.0704. The molecule has 3 heteroatoms. The number of aryl methyl sites for hydroxylation is 1. The zero-order valence-corrected chi connectivity index (χ0v) is 11.8. The Morgan fingerprint density at radius 2 is 2.00 bits per heavy atom. The van der Waals surface area contributed by atoms with Gasteiger partial charge in [0.15, 0.2) is 5.78 Å². The molecule has 2 rings (SSSR count). The Labute approximate surface area is 114 Å². The number of ketones is 1. The van der Waals surface area contributed by atoms with Crippen LogP contribution < -0.4 is 5.32 Å². The van der Waals surface area contributed by atoms with Gasteiger partial charge in [0.1, 0.15) is 5.82 Å². The fraction of sp³-hybridized carbons (Fsp3) is 0.562. The van der Waals surface area contributed by atoms with Gasteiger partial charge >= 0.3 is 0 Å². The maximum Gasteiger partial charge on any atom is 0.169 e. The van der Waals surface area contributed by atoms with Crippen molar-refractivity contribution in [1.29, 1.82) is 0 Å². The predicted molar refractivity (Wildman–Crippen MR) is 74.9 cm³/mol. The quantitative estimate of drug-likeness (QED) is 0.843. The first-order chi connectivity index (χ1) is 9.07. The van der Waals surface area contributed by atoms with Crippen molar-refractivity contribution in [1.82, 2.24) is 5.32 Å². The van der Waals surface area contributed by atoms with E-state index in [0.29, 0.717) is 5.56 Å². The van der Waals surface area contributed by atoms with Crippen LogP contribution in [0.25, 0.3) is 0 Å². The van der Waals surface area contributed by atoms with E-state index in [0.717, 1.165) is 44.3 Å². The lowest BCUT2D eigenvalue weighted by Gasteiger charge is -2.36. The highest BCUT2D eigenvalue weighted by molar-refractivity contribution is 6.00. The molecule has 0 aromatic heterocycles. The molecule has 2 nitrogen and oxygen atoms in total. The first kappa shape index (κ1) is 14.2. The summed E-state index contributed by atoms with van der Waals surface area (Å²) in [5, 5.41) is 3.30. The molecule has 1 heterocycles. The fourth-order valence-electron chi connectivity index (χ4n) is 3.15. The predicted octanol–water partition coefficient (Wildman–Crippen LogP) is 3.49. The number of Topliss-reactive ketones (excluding diaryl/α,β-unsaturated/α-hetero) is 1. The molecular formula is C16H22FNO. The Kier molecular flexibility index (Phi) is 4.35. The molecule has 0 atom stereocenters. The van der Waals surface area contributed by atoms with Gasteiger partial charge in [0.2, 0.25) is 0 Å². The Morgan fingerprint density at radius 3 is 2.58 bits per heavy atom. The first-order valence-corrected chi connectivity index (χ1v) is 7.10. The number of rotatable bonds is 4. The van der Waals surface area contributed by atoms with Crippen LogP contribution in [0.1, 0.15) is 48.5 Å². The lowest BCUT2D eigenvalue weighted by atomic mass is 9.70. The summed E-state index contributed by atoms with van der Waals surface area (Å²) in [5.41, 5.74) is 1.05. The van der Waals surface area contributed by atoms with Gasteiger partial charge in [-0.3, -0.25) is 4.79 Å². The molecule has 0 unspecified atom stereocenters. The van der Waals surface area contributed by atoms with E-state index >= 15 is 0 Å². The van der Waals surface area contributed by atoms with Gasteiger partial charge in [-0.05, 0) is 63.0 Å². The molecule has 1 N–H and O–H groups in total. The van der Waals surface area contributed by atoms with Crippen molar-refractivity contribution in [2.75, 3.05) is 13.1 Å². The van der Waals surface area contributed by atoms with Gasteiger partial charge in [-0.25, -0.2) is 4.39 Å². The van der Waals surface area contributed by atoms with E-state index in [9.17, 15) is 9.18 Å². The zero-order valence-electron chi connectivity index (χ0n) is 11.8. The smallest absolute Gasteiger partial charge is 0.169 e. The topological polar surface area (TPSA) is 29.1 Å². The third-order valence-electron chi connectivity index (χ3n) is 4.08. The van der Waals surface area contributed by atoms with Gasteiger partial charge in [-0.15, -0.1) is 0 Å². The summed E-state index contributed by atoms with van der Waals surface area (Å²) in [7, 11) is 0. The Bertz CT molecular complexity index is 438. The summed E-state index contributed by atoms with van der Waals surface area (Å²) in [4.78, 5) is 12.8. The second-order valence-electron chi connectivity index (χ2n) is 5.63. The number of piperidine rings is 1. The summed E-state index contributed by atoms with van der Waals surface area (Å²) in [6.45, 7) is 5.68. The average molecular weight is 263 g/mol. The normalized spacial score (nSPS) is 18.3. The molecular weight excluding hydrogens is 241 g/mol. The number of halogens is 1. The Balaban J connectivity index is 2.33. The molecule has 1 aromatic rings. The van der Waals surface area contributed by atoms with E-state index in [-0.39, 0.29) is 17.0 Å². The highest BCUT2D eigenvalue weighted by Crippen LogP contribution is 2.37. The second-order valence-corrected chi connectivity index (χ2v) is 5.63. The minimum atomic E-state index is -0.316. The monoisotopic (exact) mass is 263 g/mol. The largest absolute Gasteiger partial charge is 0.317 e. The van der Waals surface area contributed by atoms with Crippen molar-refractivity contribution >= 4 is 5.78 Å². The molecule has 1 aliphatic heterocycles. The average Bonchev–Trinajstić information content (AvgIpc) is 2.38. The zero-order chi connectivity index (χ0) is 13.9. The van der Waals surface area contributed by atoms with E-state index in [1.165, 1.54) is 12.1 Å². The third kappa shape index (κ3) is 3.03. The summed E-state index contributed by atoms with van der Waals surface area (Å²) in [6, 6.07) is 4.66. The van der Waals surface area contributed by atoms with Crippen LogP contribution in [0.15, 0.2) is 18.2 Å². The molecule has 0 amide bonds. The molecule has 1 aliphatic rings. The number of benzene rings is 1. The molecule has 0 bridgehead atoms. The van der Waals surface area contributed by atoms with Crippen molar-refractivity contribution in [3.63, 3.8) is 0 Å². The second kappa shape index (κ2) is 5.83. The van der Waals surface area contributed by atoms with E-state index in [1.54, 1.807) is 0 Å². The fourth-order valence-corrected chi connectivity index (χ4v) is 3.15. The van der Waals surface area contributed by atoms with Gasteiger partial charge in [-0.1, -0.05) is 13.3 Å². The summed E-state index contributed by atoms with van der Waals surface area (Å²) < 4.78 is 13.5. The number of hydrogen-bond donors (Lipinski definition) is 1. The third-order valence-corrected chi connectivity index (χ3v) is 4.08. The van der Waals surface area contributed by atoms with E-state index < -0.39 is 0 Å². The molecule has 104 valence electrons.